The monoisotopic (exact) mass is 532 g/mol. The maximum atomic E-state index is 12.5. The maximum absolute atomic E-state index is 12.5. The summed E-state index contributed by atoms with van der Waals surface area (Å²) in [6.07, 6.45) is 1.45. The molecule has 0 aliphatic carbocycles. The summed E-state index contributed by atoms with van der Waals surface area (Å²) >= 11 is 7.11. The Bertz CT molecular complexity index is 1400. The van der Waals surface area contributed by atoms with Crippen LogP contribution in [0.2, 0.25) is 5.02 Å². The van der Waals surface area contributed by atoms with Crippen LogP contribution in [0.3, 0.4) is 0 Å². The van der Waals surface area contributed by atoms with Gasteiger partial charge in [0.05, 0.1) is 16.3 Å². The summed E-state index contributed by atoms with van der Waals surface area (Å²) in [7, 11) is -3.59. The molecule has 2 aliphatic heterocycles. The van der Waals surface area contributed by atoms with E-state index in [4.69, 9.17) is 26.5 Å². The molecule has 2 aliphatic rings. The first-order valence-electron chi connectivity index (χ1n) is 10.5. The van der Waals surface area contributed by atoms with E-state index in [2.05, 4.69) is 10.1 Å². The third-order valence-corrected chi connectivity index (χ3v) is 8.43. The van der Waals surface area contributed by atoms with Crippen LogP contribution in [-0.4, -0.2) is 53.7 Å². The molecule has 2 heterocycles. The highest BCUT2D eigenvalue weighted by atomic mass is 35.5. The largest absolute Gasteiger partial charge is 0.490 e. The Morgan fingerprint density at radius 2 is 1.86 bits per heavy atom. The summed E-state index contributed by atoms with van der Waals surface area (Å²) in [4.78, 5) is 16.4. The van der Waals surface area contributed by atoms with Crippen molar-refractivity contribution in [2.24, 2.45) is 10.1 Å². The second kappa shape index (κ2) is 10.2. The summed E-state index contributed by atoms with van der Waals surface area (Å²) in [5.41, 5.74) is 1.54. The number of hydrazone groups is 1. The predicted octanol–water partition coefficient (Wildman–Crippen LogP) is 4.12. The van der Waals surface area contributed by atoms with E-state index in [1.807, 2.05) is 31.2 Å². The molecular weight excluding hydrogens is 512 g/mol. The number of benzene rings is 2. The lowest BCUT2D eigenvalue weighted by Crippen LogP contribution is -2.35. The number of nitrogens with one attached hydrogen (secondary N) is 1. The molecule has 0 bridgehead atoms. The van der Waals surface area contributed by atoms with Gasteiger partial charge in [-0.15, -0.1) is 5.10 Å². The van der Waals surface area contributed by atoms with Gasteiger partial charge in [-0.1, -0.05) is 42.8 Å². The first kappa shape index (κ1) is 25.0. The van der Waals surface area contributed by atoms with E-state index < -0.39 is 15.7 Å². The molecule has 0 aromatic heterocycles. The van der Waals surface area contributed by atoms with Crippen LogP contribution >= 0.6 is 23.4 Å². The van der Waals surface area contributed by atoms with Gasteiger partial charge < -0.3 is 9.47 Å². The topological polar surface area (TPSA) is 121 Å². The standard InChI is InChI=1S/C23H21ClN4O5S2/c1-3-35(30,31)23-27-28-20(25)16(21(29)26-22(28)34-23)12-15-8-9-19(17(24)13-15)33-11-10-32-18-7-5-4-6-14(18)2/h4-9,12-13,25H,3,10-11H2,1-2H3/b16-12-,25-20?. The van der Waals surface area contributed by atoms with Gasteiger partial charge in [0.25, 0.3) is 5.91 Å². The van der Waals surface area contributed by atoms with Gasteiger partial charge >= 0.3 is 0 Å². The van der Waals surface area contributed by atoms with Gasteiger partial charge in [-0.2, -0.15) is 10.0 Å². The average molecular weight is 533 g/mol. The molecule has 0 fully saturated rings. The Labute approximate surface area is 211 Å². The number of aliphatic imine (C=N–C) groups is 1. The number of aryl methyl sites for hydroxylation is 1. The smallest absolute Gasteiger partial charge is 0.283 e. The van der Waals surface area contributed by atoms with Gasteiger partial charge in [0.15, 0.2) is 5.84 Å². The van der Waals surface area contributed by atoms with Crippen molar-refractivity contribution in [2.45, 2.75) is 13.8 Å². The number of thioether (sulfide) groups is 1. The van der Waals surface area contributed by atoms with E-state index in [9.17, 15) is 13.2 Å². The molecule has 0 spiro atoms. The first-order valence-corrected chi connectivity index (χ1v) is 13.4. The second-order valence-electron chi connectivity index (χ2n) is 7.44. The molecule has 0 saturated carbocycles. The normalized spacial score (nSPS) is 16.8. The van der Waals surface area contributed by atoms with E-state index >= 15 is 0 Å². The van der Waals surface area contributed by atoms with Crippen molar-refractivity contribution >= 4 is 60.6 Å². The minimum atomic E-state index is -3.59. The second-order valence-corrected chi connectivity index (χ2v) is 11.3. The van der Waals surface area contributed by atoms with Crippen molar-refractivity contribution in [1.29, 1.82) is 5.41 Å². The number of hydrogen-bond acceptors (Lipinski definition) is 8. The number of hydrogen-bond donors (Lipinski definition) is 1. The third kappa shape index (κ3) is 5.42. The number of fused-ring (bicyclic) bond motifs is 1. The fourth-order valence-corrected chi connectivity index (χ4v) is 5.54. The summed E-state index contributed by atoms with van der Waals surface area (Å²) in [6.45, 7) is 4.07. The Morgan fingerprint density at radius 1 is 1.14 bits per heavy atom. The molecule has 0 atom stereocenters. The molecule has 182 valence electrons. The molecule has 35 heavy (non-hydrogen) atoms. The number of rotatable bonds is 7. The van der Waals surface area contributed by atoms with Crippen LogP contribution in [-0.2, 0) is 14.6 Å². The maximum Gasteiger partial charge on any atom is 0.283 e. The molecule has 1 amide bonds. The highest BCUT2D eigenvalue weighted by Gasteiger charge is 2.39. The van der Waals surface area contributed by atoms with Crippen LogP contribution in [0.5, 0.6) is 11.5 Å². The molecule has 2 aromatic rings. The molecule has 1 N–H and O–H groups in total. The number of ether oxygens (including phenoxy) is 2. The van der Waals surface area contributed by atoms with Crippen LogP contribution in [0.4, 0.5) is 0 Å². The van der Waals surface area contributed by atoms with E-state index in [1.54, 1.807) is 18.2 Å². The summed E-state index contributed by atoms with van der Waals surface area (Å²) < 4.78 is 35.5. The Kier molecular flexibility index (Phi) is 7.29. The van der Waals surface area contributed by atoms with Crippen molar-refractivity contribution < 1.29 is 22.7 Å². The zero-order chi connectivity index (χ0) is 25.2. The molecule has 0 radical (unpaired) electrons. The van der Waals surface area contributed by atoms with Gasteiger partial charge in [-0.05, 0) is 54.1 Å². The van der Waals surface area contributed by atoms with E-state index in [0.717, 1.165) is 28.1 Å². The lowest BCUT2D eigenvalue weighted by atomic mass is 10.1. The average Bonchev–Trinajstić information content (AvgIpc) is 3.27. The Hall–Kier alpha value is -3.15. The number of amidine groups is 2. The van der Waals surface area contributed by atoms with E-state index in [-0.39, 0.29) is 33.3 Å². The van der Waals surface area contributed by atoms with Gasteiger partial charge in [0.1, 0.15) is 24.7 Å². The Morgan fingerprint density at radius 3 is 2.54 bits per heavy atom. The quantitative estimate of drug-likeness (QED) is 0.420. The van der Waals surface area contributed by atoms with Crippen molar-refractivity contribution in [3.63, 3.8) is 0 Å². The predicted molar refractivity (Wildman–Crippen MR) is 138 cm³/mol. The number of carbonyl (C=O) groups is 1. The Balaban J connectivity index is 1.44. The number of carbonyl (C=O) groups excluding carboxylic acids is 1. The molecule has 12 heteroatoms. The van der Waals surface area contributed by atoms with Gasteiger partial charge in [0.2, 0.25) is 19.4 Å². The van der Waals surface area contributed by atoms with Crippen molar-refractivity contribution in [2.75, 3.05) is 19.0 Å². The van der Waals surface area contributed by atoms with Crippen LogP contribution in [0.15, 0.2) is 58.1 Å². The van der Waals surface area contributed by atoms with Crippen LogP contribution in [0.1, 0.15) is 18.1 Å². The number of amides is 1. The van der Waals surface area contributed by atoms with Gasteiger partial charge in [-0.3, -0.25) is 10.2 Å². The minimum Gasteiger partial charge on any atom is -0.490 e. The SMILES string of the molecule is CCS(=O)(=O)C1=NN2C(=N)/C(=C/c3ccc(OCCOc4ccccc4C)c(Cl)c3)C(=O)N=C2S1. The van der Waals surface area contributed by atoms with Gasteiger partial charge in [-0.25, -0.2) is 8.42 Å². The fraction of sp³-hybridized carbons (Fsp3) is 0.217. The van der Waals surface area contributed by atoms with Crippen molar-refractivity contribution in [3.05, 3.63) is 64.2 Å². The highest BCUT2D eigenvalue weighted by Crippen LogP contribution is 2.31. The van der Waals surface area contributed by atoms with Crippen LogP contribution in [0, 0.1) is 12.3 Å². The first-order chi connectivity index (χ1) is 16.7. The number of para-hydroxylation sites is 1. The number of halogens is 1. The van der Waals surface area contributed by atoms with E-state index in [0.29, 0.717) is 22.9 Å². The molecule has 0 saturated heterocycles. The van der Waals surface area contributed by atoms with Crippen molar-refractivity contribution in [3.8, 4) is 11.5 Å². The van der Waals surface area contributed by atoms with Crippen molar-refractivity contribution in [1.82, 2.24) is 5.01 Å². The molecule has 9 nitrogen and oxygen atoms in total. The molecular formula is C23H21ClN4O5S2. The van der Waals surface area contributed by atoms with Crippen LogP contribution < -0.4 is 9.47 Å². The lowest BCUT2D eigenvalue weighted by molar-refractivity contribution is -0.114. The van der Waals surface area contributed by atoms with Gasteiger partial charge in [0, 0.05) is 0 Å². The highest BCUT2D eigenvalue weighted by molar-refractivity contribution is 8.42. The summed E-state index contributed by atoms with van der Waals surface area (Å²) in [5, 5.41) is 13.8. The molecule has 4 rings (SSSR count). The molecule has 2 aromatic carbocycles. The summed E-state index contributed by atoms with van der Waals surface area (Å²) in [6, 6.07) is 12.6. The third-order valence-electron chi connectivity index (χ3n) is 5.04. The zero-order valence-corrected chi connectivity index (χ0v) is 21.2. The summed E-state index contributed by atoms with van der Waals surface area (Å²) in [5.74, 6) is 0.161. The minimum absolute atomic E-state index is 0.0374. The van der Waals surface area contributed by atoms with E-state index in [1.165, 1.54) is 13.0 Å². The zero-order valence-electron chi connectivity index (χ0n) is 18.8. The number of nitrogens with zero attached hydrogens (tertiary/aromatic N) is 3. The fourth-order valence-electron chi connectivity index (χ4n) is 3.14. The molecule has 0 unspecified atom stereocenters. The van der Waals surface area contributed by atoms with Crippen LogP contribution in [0.25, 0.3) is 6.08 Å². The lowest BCUT2D eigenvalue weighted by Gasteiger charge is -2.20. The number of sulfone groups is 1.